The standard InChI is InChI=1S/C21H13F4N3/c22-14-7-5-13(6-8-14)12-28-17-4-2-1-3-15(17)16-9-10-27-18(21(23,24)25)11-26-20(27)19(16)28/h1-11H,12H2. The molecule has 3 aromatic heterocycles. The highest BCUT2D eigenvalue weighted by atomic mass is 19.4. The van der Waals surface area contributed by atoms with Crippen molar-refractivity contribution in [3.05, 3.63) is 84.1 Å². The third kappa shape index (κ3) is 2.46. The number of benzene rings is 2. The maximum atomic E-state index is 13.3. The molecule has 0 aliphatic carbocycles. The number of rotatable bonds is 2. The molecule has 0 spiro atoms. The van der Waals surface area contributed by atoms with E-state index in [4.69, 9.17) is 0 Å². The first-order valence-corrected chi connectivity index (χ1v) is 8.62. The molecular formula is C21H13F4N3. The summed E-state index contributed by atoms with van der Waals surface area (Å²) in [7, 11) is 0. The van der Waals surface area contributed by atoms with Crippen LogP contribution in [0.3, 0.4) is 0 Å². The second-order valence-electron chi connectivity index (χ2n) is 6.64. The van der Waals surface area contributed by atoms with E-state index in [-0.39, 0.29) is 11.5 Å². The van der Waals surface area contributed by atoms with Crippen molar-refractivity contribution in [1.29, 1.82) is 0 Å². The fourth-order valence-electron chi connectivity index (χ4n) is 3.72. The monoisotopic (exact) mass is 383 g/mol. The lowest BCUT2D eigenvalue weighted by Gasteiger charge is -2.10. The van der Waals surface area contributed by atoms with E-state index in [1.54, 1.807) is 18.2 Å². The van der Waals surface area contributed by atoms with Crippen LogP contribution in [0.25, 0.3) is 27.5 Å². The van der Waals surface area contributed by atoms with E-state index in [2.05, 4.69) is 4.98 Å². The number of alkyl halides is 3. The summed E-state index contributed by atoms with van der Waals surface area (Å²) in [6, 6.07) is 15.4. The van der Waals surface area contributed by atoms with Gasteiger partial charge in [-0.3, -0.25) is 4.40 Å². The second kappa shape index (κ2) is 5.82. The predicted molar refractivity (Wildman–Crippen MR) is 98.7 cm³/mol. The highest BCUT2D eigenvalue weighted by Crippen LogP contribution is 2.35. The molecule has 0 bridgehead atoms. The average molecular weight is 383 g/mol. The van der Waals surface area contributed by atoms with Gasteiger partial charge in [-0.15, -0.1) is 0 Å². The van der Waals surface area contributed by atoms with Crippen LogP contribution in [-0.4, -0.2) is 14.0 Å². The largest absolute Gasteiger partial charge is 0.433 e. The summed E-state index contributed by atoms with van der Waals surface area (Å²) in [6.07, 6.45) is -2.24. The number of para-hydroxylation sites is 1. The second-order valence-corrected chi connectivity index (χ2v) is 6.64. The molecule has 0 aliphatic heterocycles. The molecule has 0 fully saturated rings. The van der Waals surface area contributed by atoms with Crippen LogP contribution in [0.1, 0.15) is 11.3 Å². The van der Waals surface area contributed by atoms with E-state index in [1.807, 2.05) is 28.8 Å². The van der Waals surface area contributed by atoms with E-state index in [0.29, 0.717) is 12.1 Å². The molecule has 5 aromatic rings. The average Bonchev–Trinajstić information content (AvgIpc) is 3.23. The van der Waals surface area contributed by atoms with Gasteiger partial charge in [0.25, 0.3) is 0 Å². The van der Waals surface area contributed by atoms with Crippen molar-refractivity contribution in [3.8, 4) is 0 Å². The molecule has 3 nitrogen and oxygen atoms in total. The predicted octanol–water partition coefficient (Wildman–Crippen LogP) is 5.65. The van der Waals surface area contributed by atoms with Gasteiger partial charge in [-0.2, -0.15) is 13.2 Å². The van der Waals surface area contributed by atoms with Crippen molar-refractivity contribution in [2.24, 2.45) is 0 Å². The zero-order chi connectivity index (χ0) is 19.5. The fourth-order valence-corrected chi connectivity index (χ4v) is 3.72. The Kier molecular flexibility index (Phi) is 3.49. The maximum absolute atomic E-state index is 13.3. The lowest BCUT2D eigenvalue weighted by atomic mass is 10.2. The number of imidazole rings is 1. The minimum absolute atomic E-state index is 0.239. The molecule has 0 saturated heterocycles. The molecule has 7 heteroatoms. The Morgan fingerprint density at radius 2 is 1.64 bits per heavy atom. The molecule has 140 valence electrons. The zero-order valence-corrected chi connectivity index (χ0v) is 14.4. The molecule has 28 heavy (non-hydrogen) atoms. The van der Waals surface area contributed by atoms with Gasteiger partial charge in [0, 0.05) is 29.0 Å². The summed E-state index contributed by atoms with van der Waals surface area (Å²) in [4.78, 5) is 4.09. The Bertz CT molecular complexity index is 1330. The molecule has 0 saturated carbocycles. The first-order valence-electron chi connectivity index (χ1n) is 8.62. The van der Waals surface area contributed by atoms with E-state index in [0.717, 1.165) is 32.5 Å². The van der Waals surface area contributed by atoms with Crippen LogP contribution in [0.2, 0.25) is 0 Å². The number of halogens is 4. The molecular weight excluding hydrogens is 370 g/mol. The van der Waals surface area contributed by atoms with Crippen LogP contribution in [0.15, 0.2) is 67.0 Å². The van der Waals surface area contributed by atoms with E-state index >= 15 is 0 Å². The highest BCUT2D eigenvalue weighted by molar-refractivity contribution is 6.12. The van der Waals surface area contributed by atoms with Crippen molar-refractivity contribution >= 4 is 27.5 Å². The molecule has 5 rings (SSSR count). The van der Waals surface area contributed by atoms with Crippen LogP contribution < -0.4 is 0 Å². The van der Waals surface area contributed by atoms with Gasteiger partial charge < -0.3 is 4.57 Å². The van der Waals surface area contributed by atoms with Crippen LogP contribution in [0.4, 0.5) is 17.6 Å². The summed E-state index contributed by atoms with van der Waals surface area (Å²) in [5, 5.41) is 1.75. The van der Waals surface area contributed by atoms with Crippen LogP contribution in [0.5, 0.6) is 0 Å². The molecule has 0 aliphatic rings. The number of aromatic nitrogens is 3. The van der Waals surface area contributed by atoms with E-state index in [1.165, 1.54) is 18.3 Å². The number of pyridine rings is 1. The topological polar surface area (TPSA) is 22.2 Å². The van der Waals surface area contributed by atoms with Crippen LogP contribution >= 0.6 is 0 Å². The van der Waals surface area contributed by atoms with Crippen molar-refractivity contribution < 1.29 is 17.6 Å². The van der Waals surface area contributed by atoms with Crippen molar-refractivity contribution in [1.82, 2.24) is 14.0 Å². The Hall–Kier alpha value is -3.35. The van der Waals surface area contributed by atoms with Gasteiger partial charge in [0.1, 0.15) is 11.5 Å². The van der Waals surface area contributed by atoms with Crippen molar-refractivity contribution in [2.45, 2.75) is 12.7 Å². The number of fused-ring (bicyclic) bond motifs is 5. The van der Waals surface area contributed by atoms with Crippen molar-refractivity contribution in [2.75, 3.05) is 0 Å². The van der Waals surface area contributed by atoms with Crippen molar-refractivity contribution in [3.63, 3.8) is 0 Å². The SMILES string of the molecule is Fc1ccc(Cn2c3ccccc3c3ccn4c(C(F)(F)F)cnc4c32)cc1. The van der Waals surface area contributed by atoms with Crippen LogP contribution in [-0.2, 0) is 12.7 Å². The fraction of sp³-hybridized carbons (Fsp3) is 0.0952. The summed E-state index contributed by atoms with van der Waals surface area (Å²) < 4.78 is 56.3. The van der Waals surface area contributed by atoms with Gasteiger partial charge in [0.2, 0.25) is 0 Å². The van der Waals surface area contributed by atoms with Gasteiger partial charge in [-0.05, 0) is 29.8 Å². The normalized spacial score (nSPS) is 12.4. The van der Waals surface area contributed by atoms with Gasteiger partial charge in [0.15, 0.2) is 5.65 Å². The molecule has 2 aromatic carbocycles. The molecule has 0 N–H and O–H groups in total. The highest BCUT2D eigenvalue weighted by Gasteiger charge is 2.35. The maximum Gasteiger partial charge on any atom is 0.433 e. The summed E-state index contributed by atoms with van der Waals surface area (Å²) in [5.74, 6) is -0.337. The molecule has 0 radical (unpaired) electrons. The van der Waals surface area contributed by atoms with E-state index in [9.17, 15) is 17.6 Å². The van der Waals surface area contributed by atoms with Crippen LogP contribution in [0, 0.1) is 5.82 Å². The Morgan fingerprint density at radius 1 is 0.893 bits per heavy atom. The number of nitrogens with zero attached hydrogens (tertiary/aromatic N) is 3. The van der Waals surface area contributed by atoms with Gasteiger partial charge >= 0.3 is 6.18 Å². The summed E-state index contributed by atoms with van der Waals surface area (Å²) in [5.41, 5.74) is 1.76. The lowest BCUT2D eigenvalue weighted by Crippen LogP contribution is -2.09. The Labute approximate surface area is 156 Å². The molecule has 0 atom stereocenters. The Morgan fingerprint density at radius 3 is 2.39 bits per heavy atom. The molecule has 0 unspecified atom stereocenters. The zero-order valence-electron chi connectivity index (χ0n) is 14.4. The number of hydrogen-bond acceptors (Lipinski definition) is 1. The summed E-state index contributed by atoms with van der Waals surface area (Å²) >= 11 is 0. The number of hydrogen-bond donors (Lipinski definition) is 0. The first kappa shape index (κ1) is 16.8. The quantitative estimate of drug-likeness (QED) is 0.361. The molecule has 0 amide bonds. The third-order valence-corrected chi connectivity index (χ3v) is 4.95. The van der Waals surface area contributed by atoms with Gasteiger partial charge in [-0.25, -0.2) is 9.37 Å². The van der Waals surface area contributed by atoms with Gasteiger partial charge in [0.05, 0.1) is 11.7 Å². The minimum atomic E-state index is -4.50. The molecule has 3 heterocycles. The Balaban J connectivity index is 1.85. The van der Waals surface area contributed by atoms with Gasteiger partial charge in [-0.1, -0.05) is 30.3 Å². The minimum Gasteiger partial charge on any atom is -0.333 e. The third-order valence-electron chi connectivity index (χ3n) is 4.95. The smallest absolute Gasteiger partial charge is 0.333 e. The first-order chi connectivity index (χ1) is 13.4. The van der Waals surface area contributed by atoms with E-state index < -0.39 is 11.9 Å². The summed E-state index contributed by atoms with van der Waals surface area (Å²) in [6.45, 7) is 0.387. The lowest BCUT2D eigenvalue weighted by molar-refractivity contribution is -0.141.